The van der Waals surface area contributed by atoms with Gasteiger partial charge in [-0.15, -0.1) is 0 Å². The summed E-state index contributed by atoms with van der Waals surface area (Å²) in [6.07, 6.45) is 0.917. The molecular formula is C53H60BrNO2. The molecule has 0 saturated heterocycles. The highest BCUT2D eigenvalue weighted by atomic mass is 79.9. The van der Waals surface area contributed by atoms with Gasteiger partial charge in [-0.2, -0.15) is 0 Å². The van der Waals surface area contributed by atoms with Crippen molar-refractivity contribution in [2.24, 2.45) is 0 Å². The van der Waals surface area contributed by atoms with Crippen molar-refractivity contribution in [3.63, 3.8) is 0 Å². The summed E-state index contributed by atoms with van der Waals surface area (Å²) in [7, 11) is 0. The molecule has 4 heteroatoms. The Balaban J connectivity index is 0.000000159. The molecule has 0 atom stereocenters. The van der Waals surface area contributed by atoms with E-state index in [0.29, 0.717) is 0 Å². The van der Waals surface area contributed by atoms with Crippen molar-refractivity contribution in [2.45, 2.75) is 111 Å². The summed E-state index contributed by atoms with van der Waals surface area (Å²) < 4.78 is 12.8. The molecule has 57 heavy (non-hydrogen) atoms. The molecule has 0 fully saturated rings. The minimum Gasteiger partial charge on any atom is -0.456 e. The summed E-state index contributed by atoms with van der Waals surface area (Å²) in [5, 5.41) is 4.73. The van der Waals surface area contributed by atoms with Gasteiger partial charge in [-0.3, -0.25) is 0 Å². The molecule has 8 rings (SSSR count). The lowest BCUT2D eigenvalue weighted by Crippen LogP contribution is -2.17. The predicted molar refractivity (Wildman–Crippen MR) is 250 cm³/mol. The smallest absolute Gasteiger partial charge is 0.136 e. The Morgan fingerprint density at radius 1 is 0.404 bits per heavy atom. The molecule has 2 heterocycles. The molecule has 0 aliphatic rings. The minimum absolute atomic E-state index is 0.138. The van der Waals surface area contributed by atoms with E-state index in [1.54, 1.807) is 0 Å². The van der Waals surface area contributed by atoms with E-state index in [4.69, 9.17) is 14.6 Å². The van der Waals surface area contributed by atoms with Gasteiger partial charge in [0.15, 0.2) is 0 Å². The Hall–Kier alpha value is -4.80. The number of rotatable bonds is 2. The summed E-state index contributed by atoms with van der Waals surface area (Å²) in [5.41, 5.74) is 19.3. The second-order valence-electron chi connectivity index (χ2n) is 19.6. The van der Waals surface area contributed by atoms with E-state index in [9.17, 15) is 0 Å². The fourth-order valence-electron chi connectivity index (χ4n) is 6.99. The molecule has 3 nitrogen and oxygen atoms in total. The Kier molecular flexibility index (Phi) is 11.6. The Morgan fingerprint density at radius 3 is 1.25 bits per heavy atom. The van der Waals surface area contributed by atoms with Crippen molar-refractivity contribution in [3.05, 3.63) is 159 Å². The van der Waals surface area contributed by atoms with Gasteiger partial charge in [-0.05, 0) is 110 Å². The van der Waals surface area contributed by atoms with Crippen molar-refractivity contribution in [1.29, 1.82) is 0 Å². The summed E-state index contributed by atoms with van der Waals surface area (Å²) >= 11 is 3.43. The predicted octanol–water partition coefficient (Wildman–Crippen LogP) is 16.0. The Labute approximate surface area is 348 Å². The van der Waals surface area contributed by atoms with Crippen molar-refractivity contribution >= 4 is 65.5 Å². The first kappa shape index (κ1) is 41.8. The van der Waals surface area contributed by atoms with Crippen LogP contribution in [0.15, 0.2) is 135 Å². The maximum Gasteiger partial charge on any atom is 0.136 e. The molecule has 0 saturated carbocycles. The normalized spacial score (nSPS) is 12.4. The monoisotopic (exact) mass is 821 g/mol. The standard InChI is InChI=1S/C27H30O.C14H23N.C12H7BrO/c1-26(2,3)20-14-19(15-21(17-20)27(4,5)6)13-18-11-12-23-22-9-7-8-10-24(22)28-25(23)16-18;1-13(2,3)10-7-11(14(4,5)6)9-12(15)8-10;13-8-5-6-10-9-3-1-2-4-11(9)14-12(10)7-8/h7-12,14-17H,13H2,1-6H3;7-9H,15H2,1-6H3;1-7H. The van der Waals surface area contributed by atoms with E-state index in [1.807, 2.05) is 42.5 Å². The van der Waals surface area contributed by atoms with Crippen molar-refractivity contribution in [1.82, 2.24) is 0 Å². The average molecular weight is 823 g/mol. The lowest BCUT2D eigenvalue weighted by Gasteiger charge is -2.26. The second-order valence-corrected chi connectivity index (χ2v) is 20.5. The third-order valence-corrected chi connectivity index (χ3v) is 11.1. The molecular weight excluding hydrogens is 762 g/mol. The topological polar surface area (TPSA) is 52.3 Å². The summed E-state index contributed by atoms with van der Waals surface area (Å²) in [5.74, 6) is 0. The van der Waals surface area contributed by atoms with Gasteiger partial charge in [-0.1, -0.05) is 172 Å². The average Bonchev–Trinajstić information content (AvgIpc) is 3.67. The highest BCUT2D eigenvalue weighted by molar-refractivity contribution is 9.10. The van der Waals surface area contributed by atoms with Crippen LogP contribution in [0.1, 0.15) is 116 Å². The van der Waals surface area contributed by atoms with Gasteiger partial charge in [0.1, 0.15) is 22.3 Å². The van der Waals surface area contributed by atoms with Gasteiger partial charge < -0.3 is 14.6 Å². The zero-order chi connectivity index (χ0) is 41.5. The molecule has 0 spiro atoms. The van der Waals surface area contributed by atoms with Crippen molar-refractivity contribution < 1.29 is 8.83 Å². The molecule has 0 amide bonds. The van der Waals surface area contributed by atoms with E-state index >= 15 is 0 Å². The molecule has 2 aromatic heterocycles. The molecule has 2 N–H and O–H groups in total. The number of benzene rings is 6. The van der Waals surface area contributed by atoms with Crippen LogP contribution in [0.5, 0.6) is 0 Å². The van der Waals surface area contributed by atoms with E-state index in [0.717, 1.165) is 38.9 Å². The second kappa shape index (κ2) is 15.9. The molecule has 6 aromatic carbocycles. The highest BCUT2D eigenvalue weighted by Crippen LogP contribution is 2.34. The zero-order valence-corrected chi connectivity index (χ0v) is 37.6. The van der Waals surface area contributed by atoms with Gasteiger partial charge in [0.05, 0.1) is 0 Å². The minimum atomic E-state index is 0.138. The van der Waals surface area contributed by atoms with Crippen LogP contribution in [-0.4, -0.2) is 0 Å². The van der Waals surface area contributed by atoms with Crippen LogP contribution in [-0.2, 0) is 28.1 Å². The van der Waals surface area contributed by atoms with E-state index < -0.39 is 0 Å². The van der Waals surface area contributed by atoms with E-state index in [1.165, 1.54) is 54.9 Å². The van der Waals surface area contributed by atoms with Gasteiger partial charge in [0, 0.05) is 31.7 Å². The fraction of sp³-hybridized carbons (Fsp3) is 0.321. The van der Waals surface area contributed by atoms with Crippen LogP contribution in [0.4, 0.5) is 5.69 Å². The summed E-state index contributed by atoms with van der Waals surface area (Å²) in [6.45, 7) is 27.0. The number of anilines is 1. The third kappa shape index (κ3) is 10.0. The molecule has 0 radical (unpaired) electrons. The van der Waals surface area contributed by atoms with Crippen molar-refractivity contribution in [3.8, 4) is 0 Å². The Morgan fingerprint density at radius 2 is 0.789 bits per heavy atom. The zero-order valence-electron chi connectivity index (χ0n) is 36.0. The lowest BCUT2D eigenvalue weighted by atomic mass is 9.79. The largest absolute Gasteiger partial charge is 0.456 e. The number of nitrogen functional groups attached to an aromatic ring is 1. The van der Waals surface area contributed by atoms with Crippen LogP contribution in [0.3, 0.4) is 0 Å². The van der Waals surface area contributed by atoms with Gasteiger partial charge >= 0.3 is 0 Å². The summed E-state index contributed by atoms with van der Waals surface area (Å²) in [4.78, 5) is 0. The molecule has 8 aromatic rings. The highest BCUT2D eigenvalue weighted by Gasteiger charge is 2.22. The number of nitrogens with two attached hydrogens (primary N) is 1. The summed E-state index contributed by atoms with van der Waals surface area (Å²) in [6, 6.07) is 42.6. The lowest BCUT2D eigenvalue weighted by molar-refractivity contribution is 0.567. The van der Waals surface area contributed by atoms with Crippen LogP contribution in [0.25, 0.3) is 43.9 Å². The third-order valence-electron chi connectivity index (χ3n) is 10.6. The number of fused-ring (bicyclic) bond motifs is 6. The van der Waals surface area contributed by atoms with E-state index in [2.05, 4.69) is 178 Å². The van der Waals surface area contributed by atoms with Gasteiger partial charge in [0.2, 0.25) is 0 Å². The van der Waals surface area contributed by atoms with Crippen LogP contribution >= 0.6 is 15.9 Å². The van der Waals surface area contributed by atoms with Crippen LogP contribution in [0, 0.1) is 0 Å². The molecule has 0 unspecified atom stereocenters. The Bertz CT molecular complexity index is 2600. The van der Waals surface area contributed by atoms with E-state index in [-0.39, 0.29) is 21.7 Å². The van der Waals surface area contributed by atoms with Gasteiger partial charge in [0.25, 0.3) is 0 Å². The molecule has 0 bridgehead atoms. The number of hydrogen-bond donors (Lipinski definition) is 1. The van der Waals surface area contributed by atoms with Crippen molar-refractivity contribution in [2.75, 3.05) is 5.73 Å². The maximum absolute atomic E-state index is 6.09. The van der Waals surface area contributed by atoms with Crippen LogP contribution < -0.4 is 5.73 Å². The molecule has 0 aliphatic carbocycles. The number of halogens is 1. The number of para-hydroxylation sites is 2. The quantitative estimate of drug-likeness (QED) is 0.177. The first-order valence-corrected chi connectivity index (χ1v) is 20.9. The fourth-order valence-corrected chi connectivity index (χ4v) is 7.33. The number of hydrogen-bond acceptors (Lipinski definition) is 3. The first-order valence-electron chi connectivity index (χ1n) is 20.1. The SMILES string of the molecule is Brc1ccc2c(c1)oc1ccccc12.CC(C)(C)c1cc(Cc2ccc3c(c2)oc2ccccc23)cc(C(C)(C)C)c1.CC(C)(C)c1cc(N)cc(C(C)(C)C)c1. The molecule has 296 valence electrons. The molecule has 0 aliphatic heterocycles. The number of furan rings is 2. The first-order chi connectivity index (χ1) is 26.6. The maximum atomic E-state index is 6.09. The van der Waals surface area contributed by atoms with Gasteiger partial charge in [-0.25, -0.2) is 0 Å². The van der Waals surface area contributed by atoms with Crippen LogP contribution in [0.2, 0.25) is 0 Å².